The number of rotatable bonds is 2. The summed E-state index contributed by atoms with van der Waals surface area (Å²) in [5.41, 5.74) is 0.327. The summed E-state index contributed by atoms with van der Waals surface area (Å²) in [5.74, 6) is -1.34. The number of carboxylic acids is 1. The molecule has 1 saturated heterocycles. The predicted molar refractivity (Wildman–Crippen MR) is 83.5 cm³/mol. The Bertz CT molecular complexity index is 579. The zero-order valence-corrected chi connectivity index (χ0v) is 13.6. The van der Waals surface area contributed by atoms with Gasteiger partial charge >= 0.3 is 12.1 Å². The molecule has 0 spiro atoms. The summed E-state index contributed by atoms with van der Waals surface area (Å²) in [6.45, 7) is 5.72. The minimum absolute atomic E-state index is 0.0136. The Labute approximate surface area is 135 Å². The average Bonchev–Trinajstić information content (AvgIpc) is 2.45. The molecule has 0 aromatic heterocycles. The number of likely N-dealkylation sites (tertiary alicyclic amines) is 1. The molecule has 0 radical (unpaired) electrons. The summed E-state index contributed by atoms with van der Waals surface area (Å²) in [7, 11) is 0. The molecule has 126 valence electrons. The van der Waals surface area contributed by atoms with Crippen LogP contribution in [0.4, 0.5) is 9.18 Å². The van der Waals surface area contributed by atoms with Crippen LogP contribution >= 0.6 is 0 Å². The van der Waals surface area contributed by atoms with Gasteiger partial charge < -0.3 is 14.7 Å². The Balaban J connectivity index is 2.01. The van der Waals surface area contributed by atoms with E-state index in [4.69, 9.17) is 9.84 Å². The molecule has 1 aromatic rings. The smallest absolute Gasteiger partial charge is 0.410 e. The van der Waals surface area contributed by atoms with E-state index in [1.165, 1.54) is 17.0 Å². The molecule has 2 atom stereocenters. The van der Waals surface area contributed by atoms with Gasteiger partial charge in [0, 0.05) is 12.5 Å². The molecule has 1 amide bonds. The molecule has 0 bridgehead atoms. The Hall–Kier alpha value is -2.11. The molecule has 0 aliphatic carbocycles. The van der Waals surface area contributed by atoms with Gasteiger partial charge in [-0.3, -0.25) is 0 Å². The van der Waals surface area contributed by atoms with Crippen LogP contribution in [-0.2, 0) is 4.74 Å². The number of ether oxygens (including phenoxy) is 1. The number of carboxylic acid groups (broad SMARTS) is 1. The minimum Gasteiger partial charge on any atom is -0.478 e. The monoisotopic (exact) mass is 323 g/mol. The molecule has 1 fully saturated rings. The van der Waals surface area contributed by atoms with Crippen LogP contribution in [0.2, 0.25) is 0 Å². The number of benzene rings is 1. The molecule has 2 rings (SSSR count). The zero-order valence-electron chi connectivity index (χ0n) is 13.6. The standard InChI is InChI=1S/C17H22FNO4/c1-17(2,3)23-16(22)19-9-8-13(14(18)10-19)11-4-6-12(7-5-11)15(20)21/h4-7,13-14H,8-10H2,1-3H3,(H,20,21). The number of aromatic carboxylic acids is 1. The van der Waals surface area contributed by atoms with Gasteiger partial charge in [0.1, 0.15) is 11.8 Å². The van der Waals surface area contributed by atoms with Crippen LogP contribution in [0.3, 0.4) is 0 Å². The van der Waals surface area contributed by atoms with Gasteiger partial charge in [0.25, 0.3) is 0 Å². The normalized spacial score (nSPS) is 21.8. The Morgan fingerprint density at radius 3 is 2.35 bits per heavy atom. The maximum Gasteiger partial charge on any atom is 0.410 e. The van der Waals surface area contributed by atoms with Crippen molar-refractivity contribution >= 4 is 12.1 Å². The molecule has 1 aliphatic heterocycles. The highest BCUT2D eigenvalue weighted by Crippen LogP contribution is 2.31. The fraction of sp³-hybridized carbons (Fsp3) is 0.529. The highest BCUT2D eigenvalue weighted by molar-refractivity contribution is 5.87. The van der Waals surface area contributed by atoms with E-state index in [2.05, 4.69) is 0 Å². The third-order valence-electron chi connectivity index (χ3n) is 3.78. The minimum atomic E-state index is -1.20. The molecule has 1 heterocycles. The first-order valence-electron chi connectivity index (χ1n) is 7.62. The van der Waals surface area contributed by atoms with Crippen LogP contribution in [0, 0.1) is 0 Å². The number of hydrogen-bond donors (Lipinski definition) is 1. The maximum absolute atomic E-state index is 14.5. The summed E-state index contributed by atoms with van der Waals surface area (Å²) in [4.78, 5) is 24.2. The molecular weight excluding hydrogens is 301 g/mol. The summed E-state index contributed by atoms with van der Waals surface area (Å²) in [5, 5.41) is 8.89. The van der Waals surface area contributed by atoms with Gasteiger partial charge in [-0.1, -0.05) is 12.1 Å². The number of nitrogens with zero attached hydrogens (tertiary/aromatic N) is 1. The Kier molecular flexibility index (Phi) is 4.92. The number of carbonyl (C=O) groups excluding carboxylic acids is 1. The molecule has 5 nitrogen and oxygen atoms in total. The first-order chi connectivity index (χ1) is 10.7. The predicted octanol–water partition coefficient (Wildman–Crippen LogP) is 3.45. The molecule has 2 unspecified atom stereocenters. The molecule has 0 saturated carbocycles. The van der Waals surface area contributed by atoms with Gasteiger partial charge in [0.15, 0.2) is 0 Å². The summed E-state index contributed by atoms with van der Waals surface area (Å²) in [6.07, 6.45) is -1.22. The van der Waals surface area contributed by atoms with Gasteiger partial charge in [-0.2, -0.15) is 0 Å². The van der Waals surface area contributed by atoms with E-state index in [-0.39, 0.29) is 18.0 Å². The van der Waals surface area contributed by atoms with Crippen LogP contribution in [0.5, 0.6) is 0 Å². The van der Waals surface area contributed by atoms with Crippen LogP contribution in [-0.4, -0.2) is 46.9 Å². The molecular formula is C17H22FNO4. The van der Waals surface area contributed by atoms with Crippen LogP contribution in [0.25, 0.3) is 0 Å². The maximum atomic E-state index is 14.5. The molecule has 1 aliphatic rings. The number of halogens is 1. The van der Waals surface area contributed by atoms with Crippen molar-refractivity contribution in [3.05, 3.63) is 35.4 Å². The van der Waals surface area contributed by atoms with Crippen LogP contribution in [0.15, 0.2) is 24.3 Å². The summed E-state index contributed by atoms with van der Waals surface area (Å²) >= 11 is 0. The molecule has 1 N–H and O–H groups in total. The van der Waals surface area contributed by atoms with Crippen molar-refractivity contribution in [3.8, 4) is 0 Å². The molecule has 1 aromatic carbocycles. The zero-order chi connectivity index (χ0) is 17.2. The summed E-state index contributed by atoms with van der Waals surface area (Å²) < 4.78 is 19.7. The third-order valence-corrected chi connectivity index (χ3v) is 3.78. The second-order valence-electron chi connectivity index (χ2n) is 6.76. The van der Waals surface area contributed by atoms with Crippen LogP contribution < -0.4 is 0 Å². The van der Waals surface area contributed by atoms with Crippen molar-refractivity contribution in [2.45, 2.75) is 44.9 Å². The number of piperidine rings is 1. The van der Waals surface area contributed by atoms with E-state index < -0.39 is 23.8 Å². The van der Waals surface area contributed by atoms with E-state index in [0.717, 1.165) is 5.56 Å². The van der Waals surface area contributed by atoms with Crippen molar-refractivity contribution in [2.24, 2.45) is 0 Å². The molecule has 6 heteroatoms. The Morgan fingerprint density at radius 1 is 1.26 bits per heavy atom. The fourth-order valence-electron chi connectivity index (χ4n) is 2.65. The SMILES string of the molecule is CC(C)(C)OC(=O)N1CCC(c2ccc(C(=O)O)cc2)C(F)C1. The van der Waals surface area contributed by atoms with Gasteiger partial charge in [-0.15, -0.1) is 0 Å². The van der Waals surface area contributed by atoms with E-state index in [0.29, 0.717) is 13.0 Å². The van der Waals surface area contributed by atoms with Gasteiger partial charge in [0.2, 0.25) is 0 Å². The second-order valence-corrected chi connectivity index (χ2v) is 6.76. The lowest BCUT2D eigenvalue weighted by atomic mass is 9.87. The third kappa shape index (κ3) is 4.43. The van der Waals surface area contributed by atoms with Crippen molar-refractivity contribution in [1.82, 2.24) is 4.90 Å². The van der Waals surface area contributed by atoms with E-state index in [9.17, 15) is 14.0 Å². The van der Waals surface area contributed by atoms with E-state index in [1.54, 1.807) is 32.9 Å². The topological polar surface area (TPSA) is 66.8 Å². The van der Waals surface area contributed by atoms with Gasteiger partial charge in [0.05, 0.1) is 12.1 Å². The Morgan fingerprint density at radius 2 is 1.87 bits per heavy atom. The second kappa shape index (κ2) is 6.56. The first-order valence-corrected chi connectivity index (χ1v) is 7.62. The fourth-order valence-corrected chi connectivity index (χ4v) is 2.65. The number of hydrogen-bond acceptors (Lipinski definition) is 3. The molecule has 23 heavy (non-hydrogen) atoms. The first kappa shape index (κ1) is 17.2. The lowest BCUT2D eigenvalue weighted by Gasteiger charge is -2.35. The lowest BCUT2D eigenvalue weighted by Crippen LogP contribution is -2.46. The van der Waals surface area contributed by atoms with Gasteiger partial charge in [-0.25, -0.2) is 14.0 Å². The number of alkyl halides is 1. The highest BCUT2D eigenvalue weighted by Gasteiger charge is 2.34. The van der Waals surface area contributed by atoms with E-state index >= 15 is 0 Å². The van der Waals surface area contributed by atoms with Crippen LogP contribution in [0.1, 0.15) is 49.0 Å². The number of amides is 1. The summed E-state index contributed by atoms with van der Waals surface area (Å²) in [6, 6.07) is 6.24. The van der Waals surface area contributed by atoms with E-state index in [1.807, 2.05) is 0 Å². The lowest BCUT2D eigenvalue weighted by molar-refractivity contribution is 0.0111. The quantitative estimate of drug-likeness (QED) is 0.905. The van der Waals surface area contributed by atoms with Crippen molar-refractivity contribution in [3.63, 3.8) is 0 Å². The van der Waals surface area contributed by atoms with Crippen molar-refractivity contribution in [2.75, 3.05) is 13.1 Å². The average molecular weight is 323 g/mol. The largest absolute Gasteiger partial charge is 0.478 e. The van der Waals surface area contributed by atoms with Gasteiger partial charge in [-0.05, 0) is 44.9 Å². The van der Waals surface area contributed by atoms with Crippen molar-refractivity contribution in [1.29, 1.82) is 0 Å². The number of carbonyl (C=O) groups is 2. The highest BCUT2D eigenvalue weighted by atomic mass is 19.1. The van der Waals surface area contributed by atoms with Crippen molar-refractivity contribution < 1.29 is 23.8 Å².